The first kappa shape index (κ1) is 92.6. The molecule has 126 heavy (non-hydrogen) atoms. The smallest absolute Gasteiger partial charge is 0.269 e. The predicted molar refractivity (Wildman–Crippen MR) is 508 cm³/mol. The number of aryl methyl sites for hydroxylation is 3. The van der Waals surface area contributed by atoms with E-state index in [1.807, 2.05) is 91.3 Å². The molecule has 0 aliphatic heterocycles. The van der Waals surface area contributed by atoms with Gasteiger partial charge in [0.05, 0.1) is 117 Å². The Hall–Kier alpha value is -11.1. The molecular weight excluding hydrogens is 2010 g/mol. The highest BCUT2D eigenvalue weighted by molar-refractivity contribution is 14.1. The summed E-state index contributed by atoms with van der Waals surface area (Å²) in [5.74, 6) is -0.262. The molecular formula is C89H82BrI2N15O13S6. The molecule has 0 aliphatic carbocycles. The highest BCUT2D eigenvalue weighted by Crippen LogP contribution is 2.34. The Morgan fingerprint density at radius 1 is 0.373 bits per heavy atom. The normalized spacial score (nSPS) is 12.1. The largest absolute Gasteiger partial charge is 0.345 e. The van der Waals surface area contributed by atoms with Crippen LogP contribution in [0.4, 0.5) is 0 Å². The Morgan fingerprint density at radius 2 is 0.722 bits per heavy atom. The summed E-state index contributed by atoms with van der Waals surface area (Å²) >= 11 is 7.46. The van der Waals surface area contributed by atoms with Crippen LogP contribution in [0.5, 0.6) is 0 Å². The number of hydrogen-bond acceptors (Lipinski definition) is 23. The predicted octanol–water partition coefficient (Wildman–Crippen LogP) is 18.0. The Morgan fingerprint density at radius 3 is 1.14 bits per heavy atom. The van der Waals surface area contributed by atoms with Gasteiger partial charge in [-0.25, -0.2) is 108 Å². The van der Waals surface area contributed by atoms with Gasteiger partial charge in [0, 0.05) is 59.7 Å². The zero-order valence-corrected chi connectivity index (χ0v) is 80.0. The minimum absolute atomic E-state index is 0.0383. The van der Waals surface area contributed by atoms with Crippen LogP contribution in [0.1, 0.15) is 88.9 Å². The molecule has 648 valence electrons. The summed E-state index contributed by atoms with van der Waals surface area (Å²) in [6, 6.07) is 52.6. The van der Waals surface area contributed by atoms with E-state index in [9.17, 15) is 55.3 Å². The number of ketones is 1. The van der Waals surface area contributed by atoms with Crippen LogP contribution in [-0.2, 0) is 65.8 Å². The van der Waals surface area contributed by atoms with Crippen molar-refractivity contribution in [3.05, 3.63) is 284 Å². The molecule has 0 saturated heterocycles. The van der Waals surface area contributed by atoms with E-state index >= 15 is 0 Å². The molecule has 3 N–H and O–H groups in total. The zero-order chi connectivity index (χ0) is 90.5. The molecule has 7 aromatic carbocycles. The van der Waals surface area contributed by atoms with Crippen LogP contribution in [-0.4, -0.2) is 150 Å². The molecule has 0 bridgehead atoms. The third kappa shape index (κ3) is 20.3. The van der Waals surface area contributed by atoms with Gasteiger partial charge in [-0.15, -0.1) is 0 Å². The number of carbonyl (C=O) groups excluding carboxylic acids is 1. The van der Waals surface area contributed by atoms with Crippen molar-refractivity contribution < 1.29 is 55.3 Å². The van der Waals surface area contributed by atoms with Gasteiger partial charge in [0.1, 0.15) is 32.2 Å². The molecule has 0 saturated carbocycles. The highest BCUT2D eigenvalue weighted by Gasteiger charge is 2.29. The number of H-pyrrole nitrogens is 3. The zero-order valence-electron chi connectivity index (χ0n) is 69.2. The van der Waals surface area contributed by atoms with Crippen LogP contribution in [0.2, 0.25) is 0 Å². The summed E-state index contributed by atoms with van der Waals surface area (Å²) < 4.78 is 156. The summed E-state index contributed by atoms with van der Waals surface area (Å²) in [5, 5.41) is -1.94. The van der Waals surface area contributed by atoms with E-state index in [4.69, 9.17) is 0 Å². The van der Waals surface area contributed by atoms with E-state index < -0.39 is 80.4 Å². The van der Waals surface area contributed by atoms with Crippen LogP contribution in [0.25, 0.3) is 101 Å². The van der Waals surface area contributed by atoms with Gasteiger partial charge >= 0.3 is 0 Å². The second-order valence-electron chi connectivity index (χ2n) is 29.9. The second-order valence-corrected chi connectivity index (χ2v) is 46.7. The van der Waals surface area contributed by atoms with Crippen molar-refractivity contribution in [2.75, 3.05) is 0 Å². The van der Waals surface area contributed by atoms with Gasteiger partial charge in [-0.2, -0.15) is 0 Å². The molecule has 0 amide bonds. The van der Waals surface area contributed by atoms with E-state index in [2.05, 4.69) is 103 Å². The Bertz CT molecular complexity index is 7640. The van der Waals surface area contributed by atoms with Crippen LogP contribution < -0.4 is 0 Å². The van der Waals surface area contributed by atoms with Crippen molar-refractivity contribution in [1.29, 1.82) is 0 Å². The van der Waals surface area contributed by atoms with Gasteiger partial charge in [0.25, 0.3) is 20.0 Å². The lowest BCUT2D eigenvalue weighted by Crippen LogP contribution is -2.13. The van der Waals surface area contributed by atoms with Crippen LogP contribution in [0.3, 0.4) is 0 Å². The van der Waals surface area contributed by atoms with E-state index in [1.54, 1.807) is 202 Å². The second kappa shape index (κ2) is 38.3. The average Bonchev–Trinajstić information content (AvgIpc) is 1.60. The topological polar surface area (TPSA) is 408 Å². The first-order chi connectivity index (χ1) is 59.7. The Labute approximate surface area is 764 Å². The van der Waals surface area contributed by atoms with Gasteiger partial charge in [-0.05, 0) is 227 Å². The molecule has 0 spiro atoms. The molecule has 0 fully saturated rings. The van der Waals surface area contributed by atoms with E-state index in [1.165, 1.54) is 49.1 Å². The number of benzene rings is 7. The fraction of sp³-hybridized carbons (Fsp3) is 0.180. The fourth-order valence-corrected chi connectivity index (χ4v) is 21.1. The maximum absolute atomic E-state index is 13.6. The summed E-state index contributed by atoms with van der Waals surface area (Å²) in [4.78, 5) is 67.8. The SMILES string of the molecule is Brc1cnc2[nH]ccc2n1.CC(C)S(=O)(=O)c1ccc(-c2cnc3[nH]cc(I)c3n2)cc1.CC(C)S(=O)(=O)c1ccc(-c2cnc3[nH]ccc3n2)cc1.Cc1ccc(S(=O)(=O)n2cc(C(=O)CCc3ccccc3)c3nc(-c4ccc(S(=O)(=O)C(C)C)cc4)cnc32)cc1.Cc1ccc(S(=O)(=O)n2cc(I)c3nc(-c4ccc(S(=O)(=O)C(C)C)cc4)cnc32)cc1. The summed E-state index contributed by atoms with van der Waals surface area (Å²) in [7, 11) is -21.2. The minimum Gasteiger partial charge on any atom is -0.345 e. The summed E-state index contributed by atoms with van der Waals surface area (Å²) in [5.41, 5.74) is 14.0. The lowest BCUT2D eigenvalue weighted by molar-refractivity contribution is 0.0984. The molecule has 0 radical (unpaired) electrons. The number of Topliss-reactive ketones (excluding diaryl/α,β-unsaturated/α-hetero) is 1. The summed E-state index contributed by atoms with van der Waals surface area (Å²) in [6.45, 7) is 17.0. The van der Waals surface area contributed by atoms with Gasteiger partial charge in [0.2, 0.25) is 0 Å². The van der Waals surface area contributed by atoms with Crippen molar-refractivity contribution in [2.24, 2.45) is 0 Å². The number of carbonyl (C=O) groups is 1. The van der Waals surface area contributed by atoms with Gasteiger partial charge in [-0.3, -0.25) is 4.79 Å². The lowest BCUT2D eigenvalue weighted by atomic mass is 10.0. The van der Waals surface area contributed by atoms with Gasteiger partial charge in [0.15, 0.2) is 73.4 Å². The van der Waals surface area contributed by atoms with Crippen LogP contribution in [0, 0.1) is 21.0 Å². The first-order valence-electron chi connectivity index (χ1n) is 39.0. The molecule has 17 aromatic rings. The molecule has 37 heteroatoms. The average molecular weight is 2100 g/mol. The van der Waals surface area contributed by atoms with Crippen molar-refractivity contribution in [2.45, 2.75) is 132 Å². The van der Waals surface area contributed by atoms with Gasteiger partial charge < -0.3 is 15.0 Å². The molecule has 10 aromatic heterocycles. The maximum Gasteiger partial charge on any atom is 0.269 e. The number of aromatic amines is 3. The number of halogens is 3. The first-order valence-corrected chi connectivity index (χ1v) is 51.0. The number of nitrogens with one attached hydrogen (secondary N) is 3. The van der Waals surface area contributed by atoms with E-state index in [0.29, 0.717) is 47.8 Å². The molecule has 0 atom stereocenters. The number of rotatable bonds is 20. The number of hydrogen-bond donors (Lipinski definition) is 3. The van der Waals surface area contributed by atoms with Gasteiger partial charge in [-0.1, -0.05) is 114 Å². The monoisotopic (exact) mass is 2090 g/mol. The van der Waals surface area contributed by atoms with Crippen molar-refractivity contribution >= 4 is 182 Å². The maximum atomic E-state index is 13.6. The van der Waals surface area contributed by atoms with Crippen molar-refractivity contribution in [3.8, 4) is 45.0 Å². The Balaban J connectivity index is 0.000000143. The molecule has 17 rings (SSSR count). The number of fused-ring (bicyclic) bond motifs is 5. The Kier molecular flexibility index (Phi) is 28.1. The summed E-state index contributed by atoms with van der Waals surface area (Å²) in [6.07, 6.45) is 16.8. The molecule has 0 aliphatic rings. The molecule has 10 heterocycles. The number of sulfone groups is 4. The fourth-order valence-electron chi connectivity index (χ4n) is 12.6. The standard InChI is InChI=1S/C31H29N3O5S2.C22H20IN3O4S2.C15H14IN3O2S.C15H15N3O2S.C6H4BrN3/c1-21(2)40(36,37)25-16-12-24(13-17-25)28-19-32-31-30(33-28)27(29(35)18-11-23-7-5-4-6-8-23)20-34(31)41(38,39)26-14-9-22(3)10-15-26;1-14(2)31(27,28)17-10-6-16(7-11-17)20-12-24-22-21(25-20)19(23)13-26(22)32(29,30)18-8-4-15(3)5-9-18;1-9(2)22(20,21)11-5-3-10(4-6-11)13-8-18-15-14(19-13)12(16)7-17-15;1-10(2)21(19,20)12-5-3-11(4-6-12)14-9-17-15-13(18-14)7-8-16-15;7-5-3-9-6-4(10-5)1-2-8-6/h4-10,12-17,19-21H,11,18H2,1-3H3;4-14H,1-3H3;3-9H,1-2H3,(H,17,18);3-10H,1-2H3,(H,16,17);1-3H,(H,8,9). The van der Waals surface area contributed by atoms with Crippen LogP contribution in [0.15, 0.2) is 284 Å². The quantitative estimate of drug-likeness (QED) is 0.0471. The van der Waals surface area contributed by atoms with E-state index in [0.717, 1.165) is 88.8 Å². The number of nitrogens with zero attached hydrogens (tertiary/aromatic N) is 12. The molecule has 28 nitrogen and oxygen atoms in total. The lowest BCUT2D eigenvalue weighted by Gasteiger charge is -2.09. The van der Waals surface area contributed by atoms with E-state index in [-0.39, 0.29) is 54.2 Å². The third-order valence-corrected chi connectivity index (χ3v) is 34.0. The molecule has 0 unspecified atom stereocenters. The van der Waals surface area contributed by atoms with Crippen LogP contribution >= 0.6 is 61.1 Å². The van der Waals surface area contributed by atoms with Crippen molar-refractivity contribution in [1.82, 2.24) is 72.7 Å². The number of aromatic nitrogens is 15. The highest BCUT2D eigenvalue weighted by atomic mass is 127. The van der Waals surface area contributed by atoms with Crippen molar-refractivity contribution in [3.63, 3.8) is 0 Å². The minimum atomic E-state index is -4.07. The third-order valence-electron chi connectivity index (χ3n) is 20.0.